The lowest BCUT2D eigenvalue weighted by Crippen LogP contribution is -2.52. The van der Waals surface area contributed by atoms with Gasteiger partial charge in [0.1, 0.15) is 5.78 Å². The van der Waals surface area contributed by atoms with Gasteiger partial charge in [0.2, 0.25) is 0 Å². The highest BCUT2D eigenvalue weighted by Crippen LogP contribution is 2.43. The maximum atomic E-state index is 11.5. The molecule has 0 radical (unpaired) electrons. The third-order valence-electron chi connectivity index (χ3n) is 4.36. The van der Waals surface area contributed by atoms with E-state index in [1.807, 2.05) is 0 Å². The molecule has 3 unspecified atom stereocenters. The Kier molecular flexibility index (Phi) is 2.65. The summed E-state index contributed by atoms with van der Waals surface area (Å²) < 4.78 is 0. The van der Waals surface area contributed by atoms with Crippen LogP contribution >= 0.6 is 0 Å². The van der Waals surface area contributed by atoms with Gasteiger partial charge < -0.3 is 5.73 Å². The van der Waals surface area contributed by atoms with Gasteiger partial charge in [0.25, 0.3) is 0 Å². The Labute approximate surface area is 86.2 Å². The predicted molar refractivity (Wildman–Crippen MR) is 56.9 cm³/mol. The van der Waals surface area contributed by atoms with E-state index in [0.29, 0.717) is 0 Å². The average molecular weight is 195 g/mol. The van der Waals surface area contributed by atoms with E-state index < -0.39 is 5.54 Å². The average Bonchev–Trinajstić information content (AvgIpc) is 2.17. The van der Waals surface area contributed by atoms with Gasteiger partial charge in [-0.2, -0.15) is 0 Å². The Bertz CT molecular complexity index is 238. The summed E-state index contributed by atoms with van der Waals surface area (Å²) in [4.78, 5) is 11.5. The van der Waals surface area contributed by atoms with Gasteiger partial charge in [0.15, 0.2) is 0 Å². The van der Waals surface area contributed by atoms with Crippen molar-refractivity contribution >= 4 is 5.78 Å². The summed E-state index contributed by atoms with van der Waals surface area (Å²) in [5, 5.41) is 0. The summed E-state index contributed by atoms with van der Waals surface area (Å²) in [6, 6.07) is 0. The van der Waals surface area contributed by atoms with Gasteiger partial charge in [-0.1, -0.05) is 25.7 Å². The molecule has 0 aromatic heterocycles. The molecule has 2 aliphatic carbocycles. The molecule has 0 aromatic rings. The zero-order chi connectivity index (χ0) is 10.2. The highest BCUT2D eigenvalue weighted by atomic mass is 16.1. The standard InChI is InChI=1S/C12H21NO/c1-9(14)12(13)7-6-10-4-2-3-5-11(10)8-12/h10-11H,2-8,13H2,1H3. The number of hydrogen-bond donors (Lipinski definition) is 1. The summed E-state index contributed by atoms with van der Waals surface area (Å²) >= 11 is 0. The number of hydrogen-bond acceptors (Lipinski definition) is 2. The molecule has 3 atom stereocenters. The van der Waals surface area contributed by atoms with Crippen LogP contribution in [-0.4, -0.2) is 11.3 Å². The van der Waals surface area contributed by atoms with E-state index in [1.54, 1.807) is 6.92 Å². The first kappa shape index (κ1) is 10.2. The van der Waals surface area contributed by atoms with Crippen LogP contribution in [0.4, 0.5) is 0 Å². The lowest BCUT2D eigenvalue weighted by molar-refractivity contribution is -0.124. The molecule has 2 aliphatic rings. The van der Waals surface area contributed by atoms with Crippen molar-refractivity contribution in [2.24, 2.45) is 17.6 Å². The first-order valence-electron chi connectivity index (χ1n) is 5.92. The van der Waals surface area contributed by atoms with Crippen LogP contribution in [0.3, 0.4) is 0 Å². The van der Waals surface area contributed by atoms with Gasteiger partial charge in [-0.15, -0.1) is 0 Å². The molecule has 80 valence electrons. The zero-order valence-electron chi connectivity index (χ0n) is 9.09. The summed E-state index contributed by atoms with van der Waals surface area (Å²) in [5.74, 6) is 1.81. The van der Waals surface area contributed by atoms with Gasteiger partial charge in [-0.05, 0) is 38.0 Å². The number of fused-ring (bicyclic) bond motifs is 1. The van der Waals surface area contributed by atoms with Crippen molar-refractivity contribution in [1.82, 2.24) is 0 Å². The Morgan fingerprint density at radius 3 is 2.50 bits per heavy atom. The van der Waals surface area contributed by atoms with Gasteiger partial charge in [0.05, 0.1) is 5.54 Å². The van der Waals surface area contributed by atoms with E-state index in [1.165, 1.54) is 32.1 Å². The van der Waals surface area contributed by atoms with E-state index in [0.717, 1.165) is 24.7 Å². The van der Waals surface area contributed by atoms with E-state index in [-0.39, 0.29) is 5.78 Å². The molecule has 0 saturated heterocycles. The summed E-state index contributed by atoms with van der Waals surface area (Å²) in [5.41, 5.74) is 5.69. The molecule has 2 N–H and O–H groups in total. The second-order valence-electron chi connectivity index (χ2n) is 5.26. The first-order valence-corrected chi connectivity index (χ1v) is 5.92. The minimum Gasteiger partial charge on any atom is -0.319 e. The second-order valence-corrected chi connectivity index (χ2v) is 5.26. The van der Waals surface area contributed by atoms with Crippen molar-refractivity contribution < 1.29 is 4.79 Å². The molecule has 14 heavy (non-hydrogen) atoms. The normalized spacial score (nSPS) is 43.0. The fourth-order valence-corrected chi connectivity index (χ4v) is 3.27. The van der Waals surface area contributed by atoms with E-state index in [4.69, 9.17) is 5.73 Å². The minimum absolute atomic E-state index is 0.196. The van der Waals surface area contributed by atoms with E-state index in [9.17, 15) is 4.79 Å². The van der Waals surface area contributed by atoms with Crippen LogP contribution in [0.1, 0.15) is 51.9 Å². The Balaban J connectivity index is 2.05. The van der Waals surface area contributed by atoms with Crippen LogP contribution in [0.2, 0.25) is 0 Å². The lowest BCUT2D eigenvalue weighted by Gasteiger charge is -2.43. The number of ketones is 1. The number of carbonyl (C=O) groups is 1. The molecule has 2 fully saturated rings. The van der Waals surface area contributed by atoms with Gasteiger partial charge in [-0.25, -0.2) is 0 Å². The Morgan fingerprint density at radius 2 is 1.86 bits per heavy atom. The van der Waals surface area contributed by atoms with Gasteiger partial charge in [-0.3, -0.25) is 4.79 Å². The summed E-state index contributed by atoms with van der Waals surface area (Å²) in [6.07, 6.45) is 8.46. The van der Waals surface area contributed by atoms with E-state index in [2.05, 4.69) is 0 Å². The molecule has 2 rings (SSSR count). The number of carbonyl (C=O) groups excluding carboxylic acids is 1. The lowest BCUT2D eigenvalue weighted by atomic mass is 9.64. The van der Waals surface area contributed by atoms with Crippen molar-refractivity contribution in [3.8, 4) is 0 Å². The first-order chi connectivity index (χ1) is 6.62. The third kappa shape index (κ3) is 1.72. The third-order valence-corrected chi connectivity index (χ3v) is 4.36. The summed E-state index contributed by atoms with van der Waals surface area (Å²) in [6.45, 7) is 1.66. The largest absolute Gasteiger partial charge is 0.319 e. The van der Waals surface area contributed by atoms with Gasteiger partial charge in [0, 0.05) is 0 Å². The van der Waals surface area contributed by atoms with Crippen LogP contribution in [0.25, 0.3) is 0 Å². The smallest absolute Gasteiger partial charge is 0.149 e. The van der Waals surface area contributed by atoms with Crippen molar-refractivity contribution in [1.29, 1.82) is 0 Å². The fraction of sp³-hybridized carbons (Fsp3) is 0.917. The molecule has 0 spiro atoms. The molecule has 2 heteroatoms. The molecule has 0 aromatic carbocycles. The van der Waals surface area contributed by atoms with Crippen LogP contribution in [0.5, 0.6) is 0 Å². The Hall–Kier alpha value is -0.370. The maximum absolute atomic E-state index is 11.5. The number of rotatable bonds is 1. The molecular formula is C12H21NO. The molecule has 0 heterocycles. The quantitative estimate of drug-likeness (QED) is 0.697. The highest BCUT2D eigenvalue weighted by Gasteiger charge is 2.41. The monoisotopic (exact) mass is 195 g/mol. The molecule has 0 bridgehead atoms. The number of nitrogens with two attached hydrogens (primary N) is 1. The molecule has 0 amide bonds. The Morgan fingerprint density at radius 1 is 1.21 bits per heavy atom. The van der Waals surface area contributed by atoms with Crippen LogP contribution < -0.4 is 5.73 Å². The molecule has 2 saturated carbocycles. The van der Waals surface area contributed by atoms with Gasteiger partial charge >= 0.3 is 0 Å². The minimum atomic E-state index is -0.474. The topological polar surface area (TPSA) is 43.1 Å². The zero-order valence-corrected chi connectivity index (χ0v) is 9.09. The summed E-state index contributed by atoms with van der Waals surface area (Å²) in [7, 11) is 0. The molecular weight excluding hydrogens is 174 g/mol. The van der Waals surface area contributed by atoms with Crippen molar-refractivity contribution in [3.05, 3.63) is 0 Å². The highest BCUT2D eigenvalue weighted by molar-refractivity contribution is 5.85. The van der Waals surface area contributed by atoms with Crippen molar-refractivity contribution in [2.45, 2.75) is 57.4 Å². The fourth-order valence-electron chi connectivity index (χ4n) is 3.27. The predicted octanol–water partition coefficient (Wildman–Crippen LogP) is 2.26. The van der Waals surface area contributed by atoms with E-state index >= 15 is 0 Å². The molecule has 2 nitrogen and oxygen atoms in total. The van der Waals surface area contributed by atoms with Crippen molar-refractivity contribution in [2.75, 3.05) is 0 Å². The molecule has 0 aliphatic heterocycles. The number of Topliss-reactive ketones (excluding diaryl/α,β-unsaturated/α-hetero) is 1. The SMILES string of the molecule is CC(=O)C1(N)CCC2CCCCC2C1. The second kappa shape index (κ2) is 3.65. The van der Waals surface area contributed by atoms with Crippen LogP contribution in [-0.2, 0) is 4.79 Å². The van der Waals surface area contributed by atoms with Crippen LogP contribution in [0, 0.1) is 11.8 Å². The maximum Gasteiger partial charge on any atom is 0.149 e. The van der Waals surface area contributed by atoms with Crippen LogP contribution in [0.15, 0.2) is 0 Å². The van der Waals surface area contributed by atoms with Crippen molar-refractivity contribution in [3.63, 3.8) is 0 Å².